The first-order valence-electron chi connectivity index (χ1n) is 4.41. The third kappa shape index (κ3) is 2.95. The van der Waals surface area contributed by atoms with Gasteiger partial charge in [0, 0.05) is 19.1 Å². The lowest BCUT2D eigenvalue weighted by Gasteiger charge is -2.33. The van der Waals surface area contributed by atoms with Crippen molar-refractivity contribution in [2.24, 2.45) is 5.73 Å². The lowest BCUT2D eigenvalue weighted by Crippen LogP contribution is -2.50. The Labute approximate surface area is 77.5 Å². The Morgan fingerprint density at radius 2 is 2.54 bits per heavy atom. The molecule has 5 heteroatoms. The van der Waals surface area contributed by atoms with Crippen LogP contribution in [0.3, 0.4) is 0 Å². The Kier molecular flexibility index (Phi) is 3.65. The van der Waals surface area contributed by atoms with Crippen molar-refractivity contribution in [1.82, 2.24) is 4.90 Å². The first kappa shape index (κ1) is 10.4. The summed E-state index contributed by atoms with van der Waals surface area (Å²) in [4.78, 5) is 12.5. The zero-order chi connectivity index (χ0) is 9.84. The smallest absolute Gasteiger partial charge is 0.321 e. The average molecular weight is 188 g/mol. The van der Waals surface area contributed by atoms with Gasteiger partial charge in [-0.1, -0.05) is 0 Å². The maximum Gasteiger partial charge on any atom is 0.321 e. The van der Waals surface area contributed by atoms with Crippen LogP contribution in [0.2, 0.25) is 0 Å². The fourth-order valence-corrected chi connectivity index (χ4v) is 1.36. The summed E-state index contributed by atoms with van der Waals surface area (Å²) < 4.78 is 5.22. The standard InChI is InChI=1S/C8H16N2O3/c1-6-5-13-3-2-10(6)4-7(9)8(11)12/h6-7H,2-5,9H2,1H3,(H,11,12). The van der Waals surface area contributed by atoms with Crippen molar-refractivity contribution in [3.63, 3.8) is 0 Å². The van der Waals surface area contributed by atoms with Crippen molar-refractivity contribution in [3.8, 4) is 0 Å². The lowest BCUT2D eigenvalue weighted by atomic mass is 10.2. The maximum atomic E-state index is 10.5. The molecule has 13 heavy (non-hydrogen) atoms. The molecular formula is C8H16N2O3. The Morgan fingerprint density at radius 3 is 3.08 bits per heavy atom. The van der Waals surface area contributed by atoms with Gasteiger partial charge in [0.25, 0.3) is 0 Å². The molecule has 0 spiro atoms. The van der Waals surface area contributed by atoms with Gasteiger partial charge in [0.2, 0.25) is 0 Å². The van der Waals surface area contributed by atoms with E-state index < -0.39 is 12.0 Å². The van der Waals surface area contributed by atoms with Gasteiger partial charge in [-0.25, -0.2) is 0 Å². The van der Waals surface area contributed by atoms with Gasteiger partial charge in [-0.05, 0) is 6.92 Å². The van der Waals surface area contributed by atoms with Crippen LogP contribution in [0.5, 0.6) is 0 Å². The Bertz CT molecular complexity index is 186. The molecule has 0 radical (unpaired) electrons. The molecule has 0 saturated carbocycles. The molecule has 0 aromatic rings. The highest BCUT2D eigenvalue weighted by Crippen LogP contribution is 2.05. The highest BCUT2D eigenvalue weighted by Gasteiger charge is 2.23. The average Bonchev–Trinajstić information content (AvgIpc) is 2.08. The van der Waals surface area contributed by atoms with E-state index in [2.05, 4.69) is 0 Å². The molecule has 1 rings (SSSR count). The summed E-state index contributed by atoms with van der Waals surface area (Å²) in [6, 6.07) is -0.528. The van der Waals surface area contributed by atoms with Crippen LogP contribution in [0.15, 0.2) is 0 Å². The van der Waals surface area contributed by atoms with E-state index in [1.54, 1.807) is 0 Å². The van der Waals surface area contributed by atoms with Crippen LogP contribution in [0, 0.1) is 0 Å². The van der Waals surface area contributed by atoms with Gasteiger partial charge >= 0.3 is 5.97 Å². The molecule has 0 aromatic heterocycles. The van der Waals surface area contributed by atoms with E-state index in [1.165, 1.54) is 0 Å². The summed E-state index contributed by atoms with van der Waals surface area (Å²) in [5.74, 6) is -0.946. The van der Waals surface area contributed by atoms with Crippen LogP contribution < -0.4 is 5.73 Å². The SMILES string of the molecule is CC1COCCN1CC(N)C(=O)O. The maximum absolute atomic E-state index is 10.5. The van der Waals surface area contributed by atoms with Gasteiger partial charge in [-0.3, -0.25) is 9.69 Å². The van der Waals surface area contributed by atoms with E-state index in [-0.39, 0.29) is 6.04 Å². The second-order valence-electron chi connectivity index (χ2n) is 3.36. The summed E-state index contributed by atoms with van der Waals surface area (Å²) in [6.07, 6.45) is 0. The van der Waals surface area contributed by atoms with Crippen molar-refractivity contribution in [2.45, 2.75) is 19.0 Å². The predicted octanol–water partition coefficient (Wildman–Crippen LogP) is -0.881. The summed E-state index contributed by atoms with van der Waals surface area (Å²) in [6.45, 7) is 4.50. The number of hydrogen-bond donors (Lipinski definition) is 2. The normalized spacial score (nSPS) is 27.1. The first-order chi connectivity index (χ1) is 6.11. The summed E-state index contributed by atoms with van der Waals surface area (Å²) in [5, 5.41) is 8.62. The molecule has 3 N–H and O–H groups in total. The number of rotatable bonds is 3. The van der Waals surface area contributed by atoms with Crippen molar-refractivity contribution < 1.29 is 14.6 Å². The molecule has 1 aliphatic rings. The van der Waals surface area contributed by atoms with Gasteiger partial charge in [0.05, 0.1) is 13.2 Å². The molecule has 76 valence electrons. The van der Waals surface area contributed by atoms with Gasteiger partial charge < -0.3 is 15.6 Å². The molecule has 2 unspecified atom stereocenters. The Hall–Kier alpha value is -0.650. The van der Waals surface area contributed by atoms with E-state index in [4.69, 9.17) is 15.6 Å². The molecule has 0 aliphatic carbocycles. The molecule has 1 aliphatic heterocycles. The zero-order valence-electron chi connectivity index (χ0n) is 7.77. The topological polar surface area (TPSA) is 75.8 Å². The molecule has 1 heterocycles. The predicted molar refractivity (Wildman–Crippen MR) is 47.5 cm³/mol. The molecule has 0 aromatic carbocycles. The van der Waals surface area contributed by atoms with Crippen LogP contribution in [0.1, 0.15) is 6.92 Å². The van der Waals surface area contributed by atoms with Crippen molar-refractivity contribution in [3.05, 3.63) is 0 Å². The number of nitrogens with two attached hydrogens (primary N) is 1. The minimum Gasteiger partial charge on any atom is -0.480 e. The molecule has 0 amide bonds. The van der Waals surface area contributed by atoms with Crippen molar-refractivity contribution >= 4 is 5.97 Å². The zero-order valence-corrected chi connectivity index (χ0v) is 7.77. The third-order valence-electron chi connectivity index (χ3n) is 2.25. The van der Waals surface area contributed by atoms with E-state index in [0.29, 0.717) is 19.8 Å². The number of carboxylic acid groups (broad SMARTS) is 1. The number of ether oxygens (including phenoxy) is 1. The Morgan fingerprint density at radius 1 is 1.85 bits per heavy atom. The molecule has 2 atom stereocenters. The van der Waals surface area contributed by atoms with Gasteiger partial charge in [-0.15, -0.1) is 0 Å². The highest BCUT2D eigenvalue weighted by molar-refractivity contribution is 5.73. The summed E-state index contributed by atoms with van der Waals surface area (Å²) in [5.41, 5.74) is 5.43. The minimum absolute atomic E-state index is 0.263. The fourth-order valence-electron chi connectivity index (χ4n) is 1.36. The second-order valence-corrected chi connectivity index (χ2v) is 3.36. The molecule has 1 saturated heterocycles. The summed E-state index contributed by atoms with van der Waals surface area (Å²) >= 11 is 0. The fraction of sp³-hybridized carbons (Fsp3) is 0.875. The molecule has 1 fully saturated rings. The van der Waals surface area contributed by atoms with Crippen LogP contribution >= 0.6 is 0 Å². The van der Waals surface area contributed by atoms with E-state index in [0.717, 1.165) is 6.54 Å². The van der Waals surface area contributed by atoms with Crippen molar-refractivity contribution in [2.75, 3.05) is 26.3 Å². The van der Waals surface area contributed by atoms with E-state index in [9.17, 15) is 4.79 Å². The van der Waals surface area contributed by atoms with Crippen LogP contribution in [-0.4, -0.2) is 54.4 Å². The number of nitrogens with zero attached hydrogens (tertiary/aromatic N) is 1. The second kappa shape index (κ2) is 4.55. The number of carbonyl (C=O) groups is 1. The Balaban J connectivity index is 2.37. The molecular weight excluding hydrogens is 172 g/mol. The number of carboxylic acids is 1. The van der Waals surface area contributed by atoms with Crippen molar-refractivity contribution in [1.29, 1.82) is 0 Å². The van der Waals surface area contributed by atoms with Gasteiger partial charge in [0.15, 0.2) is 0 Å². The lowest BCUT2D eigenvalue weighted by molar-refractivity contribution is -0.139. The van der Waals surface area contributed by atoms with Crippen LogP contribution in [0.25, 0.3) is 0 Å². The molecule has 0 bridgehead atoms. The summed E-state index contributed by atoms with van der Waals surface area (Å²) in [7, 11) is 0. The first-order valence-corrected chi connectivity index (χ1v) is 4.41. The van der Waals surface area contributed by atoms with Crippen LogP contribution in [0.4, 0.5) is 0 Å². The number of morpholine rings is 1. The van der Waals surface area contributed by atoms with Gasteiger partial charge in [-0.2, -0.15) is 0 Å². The van der Waals surface area contributed by atoms with E-state index >= 15 is 0 Å². The molecule has 5 nitrogen and oxygen atoms in total. The highest BCUT2D eigenvalue weighted by atomic mass is 16.5. The van der Waals surface area contributed by atoms with Gasteiger partial charge in [0.1, 0.15) is 6.04 Å². The third-order valence-corrected chi connectivity index (χ3v) is 2.25. The number of aliphatic carboxylic acids is 1. The quantitative estimate of drug-likeness (QED) is 0.601. The van der Waals surface area contributed by atoms with Crippen LogP contribution in [-0.2, 0) is 9.53 Å². The largest absolute Gasteiger partial charge is 0.480 e. The van der Waals surface area contributed by atoms with E-state index in [1.807, 2.05) is 11.8 Å². The number of hydrogen-bond acceptors (Lipinski definition) is 4. The monoisotopic (exact) mass is 188 g/mol. The minimum atomic E-state index is -0.946.